The van der Waals surface area contributed by atoms with Crippen LogP contribution in [-0.4, -0.2) is 22.3 Å². The van der Waals surface area contributed by atoms with Gasteiger partial charge in [0.1, 0.15) is 0 Å². The lowest BCUT2D eigenvalue weighted by molar-refractivity contribution is 0.0695. The highest BCUT2D eigenvalue weighted by molar-refractivity contribution is 5.89. The number of unbranched alkanes of at least 4 members (excludes halogenated alkanes) is 5. The van der Waals surface area contributed by atoms with Crippen molar-refractivity contribution in [3.8, 4) is 0 Å². The molecule has 1 aromatic carbocycles. The quantitative estimate of drug-likeness (QED) is 0.343. The Bertz CT molecular complexity index is 520. The molecule has 0 fully saturated rings. The molecule has 0 saturated carbocycles. The predicted octanol–water partition coefficient (Wildman–Crippen LogP) is 5.94. The van der Waals surface area contributed by atoms with Gasteiger partial charge in [0, 0.05) is 5.92 Å². The number of hydrogen-bond donors (Lipinski definition) is 2. The molecule has 0 radical (unpaired) electrons. The number of rotatable bonds is 13. The van der Waals surface area contributed by atoms with Crippen LogP contribution >= 0.6 is 0 Å². The second-order valence-electron chi connectivity index (χ2n) is 6.91. The molecule has 0 aromatic heterocycles. The monoisotopic (exact) mass is 346 g/mol. The number of aliphatic hydroxyl groups excluding tert-OH is 1. The zero-order valence-electron chi connectivity index (χ0n) is 15.8. The summed E-state index contributed by atoms with van der Waals surface area (Å²) in [5.74, 6) is -0.699. The maximum Gasteiger partial charge on any atom is 0.335 e. The Balaban J connectivity index is 2.73. The maximum atomic E-state index is 11.5. The summed E-state index contributed by atoms with van der Waals surface area (Å²) in [6, 6.07) is 7.36. The molecular weight excluding hydrogens is 312 g/mol. The number of carboxylic acid groups (broad SMARTS) is 1. The lowest BCUT2D eigenvalue weighted by Crippen LogP contribution is -2.06. The highest BCUT2D eigenvalue weighted by Crippen LogP contribution is 2.28. The van der Waals surface area contributed by atoms with Crippen LogP contribution in [0.25, 0.3) is 0 Å². The van der Waals surface area contributed by atoms with E-state index in [1.807, 2.05) is 19.1 Å². The molecule has 0 aliphatic heterocycles. The summed E-state index contributed by atoms with van der Waals surface area (Å²) in [5, 5.41) is 18.8. The van der Waals surface area contributed by atoms with E-state index < -0.39 is 5.97 Å². The molecular formula is C22H34O3. The highest BCUT2D eigenvalue weighted by Gasteiger charge is 2.16. The molecule has 25 heavy (non-hydrogen) atoms. The average molecular weight is 347 g/mol. The van der Waals surface area contributed by atoms with Gasteiger partial charge in [-0.15, -0.1) is 0 Å². The summed E-state index contributed by atoms with van der Waals surface area (Å²) >= 11 is 0. The van der Waals surface area contributed by atoms with Gasteiger partial charge >= 0.3 is 5.97 Å². The zero-order chi connectivity index (χ0) is 18.5. The van der Waals surface area contributed by atoms with Gasteiger partial charge in [0.05, 0.1) is 11.7 Å². The van der Waals surface area contributed by atoms with Crippen molar-refractivity contribution in [1.29, 1.82) is 0 Å². The van der Waals surface area contributed by atoms with Crippen LogP contribution in [0.2, 0.25) is 0 Å². The number of carbonyl (C=O) groups is 1. The lowest BCUT2D eigenvalue weighted by atomic mass is 9.89. The molecule has 0 aliphatic carbocycles. The van der Waals surface area contributed by atoms with Crippen molar-refractivity contribution < 1.29 is 15.0 Å². The first-order chi connectivity index (χ1) is 12.1. The fourth-order valence-corrected chi connectivity index (χ4v) is 3.13. The molecule has 1 rings (SSSR count). The van der Waals surface area contributed by atoms with E-state index in [9.17, 15) is 15.0 Å². The molecule has 0 heterocycles. The second-order valence-corrected chi connectivity index (χ2v) is 6.91. The van der Waals surface area contributed by atoms with Crippen molar-refractivity contribution >= 4 is 5.97 Å². The minimum absolute atomic E-state index is 0.153. The number of allylic oxidation sites excluding steroid dienone is 2. The minimum Gasteiger partial charge on any atom is -0.478 e. The van der Waals surface area contributed by atoms with Crippen LogP contribution in [0.1, 0.15) is 93.5 Å². The molecule has 0 amide bonds. The van der Waals surface area contributed by atoms with E-state index in [1.165, 1.54) is 25.7 Å². The van der Waals surface area contributed by atoms with Gasteiger partial charge in [-0.2, -0.15) is 0 Å². The van der Waals surface area contributed by atoms with Crippen LogP contribution < -0.4 is 0 Å². The maximum absolute atomic E-state index is 11.5. The SMILES string of the molecule is CCCCCCCC(/C=C/CCCC(C)O)c1ccccc1C(=O)O. The third kappa shape index (κ3) is 8.87. The van der Waals surface area contributed by atoms with Gasteiger partial charge in [-0.25, -0.2) is 4.79 Å². The van der Waals surface area contributed by atoms with Crippen LogP contribution in [0.5, 0.6) is 0 Å². The van der Waals surface area contributed by atoms with Crippen LogP contribution in [-0.2, 0) is 0 Å². The van der Waals surface area contributed by atoms with Crippen LogP contribution in [0, 0.1) is 0 Å². The Morgan fingerprint density at radius 1 is 1.08 bits per heavy atom. The highest BCUT2D eigenvalue weighted by atomic mass is 16.4. The topological polar surface area (TPSA) is 57.5 Å². The second kappa shape index (κ2) is 12.7. The van der Waals surface area contributed by atoms with Crippen LogP contribution in [0.3, 0.4) is 0 Å². The van der Waals surface area contributed by atoms with Gasteiger partial charge < -0.3 is 10.2 Å². The standard InChI is InChI=1S/C22H34O3/c1-3-4-5-6-9-14-19(15-10-7-8-13-18(2)23)20-16-11-12-17-21(20)22(24)25/h10-12,15-19,23H,3-9,13-14H2,1-2H3,(H,24,25)/b15-10+. The average Bonchev–Trinajstić information content (AvgIpc) is 2.59. The summed E-state index contributed by atoms with van der Waals surface area (Å²) in [6.45, 7) is 4.02. The molecule has 3 nitrogen and oxygen atoms in total. The molecule has 0 bridgehead atoms. The Morgan fingerprint density at radius 2 is 1.80 bits per heavy atom. The molecule has 2 unspecified atom stereocenters. The largest absolute Gasteiger partial charge is 0.478 e. The molecule has 2 N–H and O–H groups in total. The fraction of sp³-hybridized carbons (Fsp3) is 0.591. The number of hydrogen-bond acceptors (Lipinski definition) is 2. The molecule has 3 heteroatoms. The predicted molar refractivity (Wildman–Crippen MR) is 104 cm³/mol. The summed E-state index contributed by atoms with van der Waals surface area (Å²) in [7, 11) is 0. The van der Waals surface area contributed by atoms with E-state index in [2.05, 4.69) is 19.1 Å². The van der Waals surface area contributed by atoms with Crippen molar-refractivity contribution in [2.45, 2.75) is 83.7 Å². The van der Waals surface area contributed by atoms with Crippen molar-refractivity contribution in [2.24, 2.45) is 0 Å². The number of carboxylic acids is 1. The first kappa shape index (κ1) is 21.4. The van der Waals surface area contributed by atoms with Gasteiger partial charge in [-0.1, -0.05) is 69.4 Å². The van der Waals surface area contributed by atoms with E-state index in [-0.39, 0.29) is 12.0 Å². The van der Waals surface area contributed by atoms with E-state index >= 15 is 0 Å². The summed E-state index contributed by atoms with van der Waals surface area (Å²) in [6.07, 6.45) is 13.8. The third-order valence-electron chi connectivity index (χ3n) is 4.57. The number of benzene rings is 1. The van der Waals surface area contributed by atoms with E-state index in [1.54, 1.807) is 12.1 Å². The Hall–Kier alpha value is -1.61. The minimum atomic E-state index is -0.853. The van der Waals surface area contributed by atoms with Crippen LogP contribution in [0.4, 0.5) is 0 Å². The van der Waals surface area contributed by atoms with Crippen LogP contribution in [0.15, 0.2) is 36.4 Å². The summed E-state index contributed by atoms with van der Waals surface area (Å²) < 4.78 is 0. The normalized spacial score (nSPS) is 13.9. The number of aliphatic hydroxyl groups is 1. The van der Waals surface area contributed by atoms with Gasteiger partial charge in [0.25, 0.3) is 0 Å². The van der Waals surface area contributed by atoms with Crippen molar-refractivity contribution in [1.82, 2.24) is 0 Å². The molecule has 1 aromatic rings. The molecule has 0 saturated heterocycles. The van der Waals surface area contributed by atoms with Gasteiger partial charge in [-0.3, -0.25) is 0 Å². The summed E-state index contributed by atoms with van der Waals surface area (Å²) in [4.78, 5) is 11.5. The molecule has 0 spiro atoms. The van der Waals surface area contributed by atoms with Gasteiger partial charge in [-0.05, 0) is 44.2 Å². The smallest absolute Gasteiger partial charge is 0.335 e. The van der Waals surface area contributed by atoms with E-state index in [4.69, 9.17) is 0 Å². The van der Waals surface area contributed by atoms with E-state index in [0.717, 1.165) is 37.7 Å². The molecule has 2 atom stereocenters. The Labute approximate surface area is 152 Å². The third-order valence-corrected chi connectivity index (χ3v) is 4.57. The molecule has 0 aliphatic rings. The van der Waals surface area contributed by atoms with Gasteiger partial charge in [0.15, 0.2) is 0 Å². The first-order valence-corrected chi connectivity index (χ1v) is 9.73. The van der Waals surface area contributed by atoms with Crippen molar-refractivity contribution in [2.75, 3.05) is 0 Å². The molecule has 140 valence electrons. The van der Waals surface area contributed by atoms with Crippen molar-refractivity contribution in [3.63, 3.8) is 0 Å². The Kier molecular flexibility index (Phi) is 10.9. The Morgan fingerprint density at radius 3 is 2.48 bits per heavy atom. The number of aromatic carboxylic acids is 1. The summed E-state index contributed by atoms with van der Waals surface area (Å²) in [5.41, 5.74) is 1.33. The van der Waals surface area contributed by atoms with Gasteiger partial charge in [0.2, 0.25) is 0 Å². The van der Waals surface area contributed by atoms with Crippen molar-refractivity contribution in [3.05, 3.63) is 47.5 Å². The zero-order valence-corrected chi connectivity index (χ0v) is 15.8. The first-order valence-electron chi connectivity index (χ1n) is 9.73. The fourth-order valence-electron chi connectivity index (χ4n) is 3.13. The van der Waals surface area contributed by atoms with E-state index in [0.29, 0.717) is 5.56 Å². The lowest BCUT2D eigenvalue weighted by Gasteiger charge is -2.16.